The van der Waals surface area contributed by atoms with Crippen LogP contribution in [0.15, 0.2) is 34.1 Å². The zero-order valence-electron chi connectivity index (χ0n) is 15.1. The third kappa shape index (κ3) is 5.53. The Morgan fingerprint density at radius 2 is 2.23 bits per heavy atom. The number of carbonyl (C=O) groups is 1. The van der Waals surface area contributed by atoms with Crippen LogP contribution in [0.2, 0.25) is 0 Å². The van der Waals surface area contributed by atoms with Gasteiger partial charge in [-0.05, 0) is 56.5 Å². The number of hydrogen-bond acceptors (Lipinski definition) is 5. The van der Waals surface area contributed by atoms with Gasteiger partial charge < -0.3 is 4.74 Å². The third-order valence-electron chi connectivity index (χ3n) is 4.40. The zero-order valence-corrected chi connectivity index (χ0v) is 17.5. The van der Waals surface area contributed by atoms with Gasteiger partial charge in [-0.2, -0.15) is 0 Å². The van der Waals surface area contributed by atoms with Gasteiger partial charge in [0.1, 0.15) is 5.75 Å². The molecule has 1 aromatic carbocycles. The smallest absolute Gasteiger partial charge is 0.266 e. The lowest BCUT2D eigenvalue weighted by Gasteiger charge is -2.30. The quantitative estimate of drug-likeness (QED) is 0.720. The summed E-state index contributed by atoms with van der Waals surface area (Å²) < 4.78 is 6.65. The number of aromatic nitrogens is 1. The van der Waals surface area contributed by atoms with Crippen LogP contribution in [0.3, 0.4) is 0 Å². The van der Waals surface area contributed by atoms with Crippen LogP contribution in [-0.2, 0) is 11.3 Å². The summed E-state index contributed by atoms with van der Waals surface area (Å²) in [6, 6.07) is 7.42. The Morgan fingerprint density at radius 3 is 2.96 bits per heavy atom. The number of thiazole rings is 1. The molecule has 2 aromatic rings. The van der Waals surface area contributed by atoms with Gasteiger partial charge in [-0.1, -0.05) is 22.9 Å². The molecule has 1 aromatic heterocycles. The van der Waals surface area contributed by atoms with Crippen molar-refractivity contribution in [3.8, 4) is 5.75 Å². The zero-order chi connectivity index (χ0) is 18.5. The summed E-state index contributed by atoms with van der Waals surface area (Å²) in [7, 11) is 0. The van der Waals surface area contributed by atoms with E-state index >= 15 is 0 Å². The molecule has 2 heterocycles. The van der Waals surface area contributed by atoms with Crippen LogP contribution in [0.25, 0.3) is 0 Å². The molecule has 0 radical (unpaired) electrons. The Kier molecular flexibility index (Phi) is 6.67. The fourth-order valence-corrected chi connectivity index (χ4v) is 4.04. The summed E-state index contributed by atoms with van der Waals surface area (Å²) in [6.45, 7) is 7.13. The van der Waals surface area contributed by atoms with E-state index in [9.17, 15) is 4.79 Å². The maximum atomic E-state index is 12.3. The van der Waals surface area contributed by atoms with E-state index in [-0.39, 0.29) is 5.91 Å². The lowest BCUT2D eigenvalue weighted by molar-refractivity contribution is -0.122. The molecule has 2 atom stereocenters. The molecule has 140 valence electrons. The van der Waals surface area contributed by atoms with E-state index in [4.69, 9.17) is 4.74 Å². The molecule has 7 heteroatoms. The second kappa shape index (κ2) is 8.97. The summed E-state index contributed by atoms with van der Waals surface area (Å²) in [5.41, 5.74) is 1.01. The number of benzene rings is 1. The highest BCUT2D eigenvalue weighted by atomic mass is 79.9. The van der Waals surface area contributed by atoms with Crippen molar-refractivity contribution < 1.29 is 9.53 Å². The van der Waals surface area contributed by atoms with Gasteiger partial charge in [0.25, 0.3) is 5.91 Å². The lowest BCUT2D eigenvalue weighted by Crippen LogP contribution is -2.33. The number of nitrogens with one attached hydrogen (secondary N) is 1. The number of piperidine rings is 1. The van der Waals surface area contributed by atoms with Gasteiger partial charge in [0.05, 0.1) is 5.69 Å². The molecular formula is C19H24BrN3O2S. The summed E-state index contributed by atoms with van der Waals surface area (Å²) in [5.74, 6) is 1.22. The first-order valence-electron chi connectivity index (χ1n) is 8.89. The van der Waals surface area contributed by atoms with Crippen molar-refractivity contribution in [1.29, 1.82) is 0 Å². The number of halogens is 1. The summed E-state index contributed by atoms with van der Waals surface area (Å²) >= 11 is 4.84. The fraction of sp³-hybridized carbons (Fsp3) is 0.474. The number of nitrogens with zero attached hydrogens (tertiary/aromatic N) is 2. The molecule has 1 N–H and O–H groups in total. The van der Waals surface area contributed by atoms with E-state index in [1.165, 1.54) is 24.2 Å². The van der Waals surface area contributed by atoms with Crippen LogP contribution in [-0.4, -0.2) is 35.0 Å². The van der Waals surface area contributed by atoms with Gasteiger partial charge in [-0.25, -0.2) is 4.98 Å². The molecule has 1 aliphatic heterocycles. The molecule has 0 unspecified atom stereocenters. The molecular weight excluding hydrogens is 414 g/mol. The van der Waals surface area contributed by atoms with Crippen LogP contribution in [0.4, 0.5) is 5.13 Å². The SMILES string of the molecule is C[C@@H]1CCCN(Cc2csc(NC(=O)[C@H](C)Oc3ccc(Br)cc3)n2)C1. The first-order valence-corrected chi connectivity index (χ1v) is 10.6. The van der Waals surface area contributed by atoms with E-state index in [0.29, 0.717) is 10.9 Å². The van der Waals surface area contributed by atoms with E-state index in [2.05, 4.69) is 38.1 Å². The molecule has 0 spiro atoms. The Labute approximate surface area is 166 Å². The van der Waals surface area contributed by atoms with Crippen molar-refractivity contribution in [3.05, 3.63) is 39.8 Å². The Balaban J connectivity index is 1.51. The molecule has 1 amide bonds. The van der Waals surface area contributed by atoms with Crippen molar-refractivity contribution in [3.63, 3.8) is 0 Å². The van der Waals surface area contributed by atoms with Crippen molar-refractivity contribution in [1.82, 2.24) is 9.88 Å². The number of carbonyl (C=O) groups excluding carboxylic acids is 1. The topological polar surface area (TPSA) is 54.5 Å². The highest BCUT2D eigenvalue weighted by molar-refractivity contribution is 9.10. The summed E-state index contributed by atoms with van der Waals surface area (Å²) in [6.07, 6.45) is 1.97. The van der Waals surface area contributed by atoms with E-state index < -0.39 is 6.10 Å². The van der Waals surface area contributed by atoms with Crippen LogP contribution in [0, 0.1) is 5.92 Å². The molecule has 1 saturated heterocycles. The Morgan fingerprint density at radius 1 is 1.46 bits per heavy atom. The minimum absolute atomic E-state index is 0.194. The van der Waals surface area contributed by atoms with E-state index in [1.54, 1.807) is 6.92 Å². The highest BCUT2D eigenvalue weighted by Gasteiger charge is 2.19. The minimum atomic E-state index is -0.591. The lowest BCUT2D eigenvalue weighted by atomic mass is 10.0. The summed E-state index contributed by atoms with van der Waals surface area (Å²) in [4.78, 5) is 19.3. The van der Waals surface area contributed by atoms with Gasteiger partial charge in [0, 0.05) is 22.9 Å². The van der Waals surface area contributed by atoms with Gasteiger partial charge in [0.2, 0.25) is 0 Å². The number of rotatable bonds is 6. The van der Waals surface area contributed by atoms with Crippen molar-refractivity contribution in [2.45, 2.75) is 39.3 Å². The number of ether oxygens (including phenoxy) is 1. The molecule has 0 bridgehead atoms. The van der Waals surface area contributed by atoms with Crippen molar-refractivity contribution >= 4 is 38.3 Å². The predicted octanol–water partition coefficient (Wildman–Crippen LogP) is 4.54. The Bertz CT molecular complexity index is 735. The number of hydrogen-bond donors (Lipinski definition) is 1. The molecule has 5 nitrogen and oxygen atoms in total. The first kappa shape index (κ1) is 19.3. The first-order chi connectivity index (χ1) is 12.5. The minimum Gasteiger partial charge on any atom is -0.481 e. The van der Waals surface area contributed by atoms with Gasteiger partial charge >= 0.3 is 0 Å². The Hall–Kier alpha value is -1.44. The van der Waals surface area contributed by atoms with Crippen LogP contribution in [0.1, 0.15) is 32.4 Å². The van der Waals surface area contributed by atoms with Crippen molar-refractivity contribution in [2.75, 3.05) is 18.4 Å². The largest absolute Gasteiger partial charge is 0.481 e. The van der Waals surface area contributed by atoms with Gasteiger partial charge in [-0.15, -0.1) is 11.3 Å². The molecule has 1 aliphatic rings. The standard InChI is InChI=1S/C19H24BrN3O2S/c1-13-4-3-9-23(10-13)11-16-12-26-19(21-16)22-18(24)14(2)25-17-7-5-15(20)6-8-17/h5-8,12-14H,3-4,9-11H2,1-2H3,(H,21,22,24)/t13-,14+/m1/s1. The second-order valence-electron chi connectivity index (χ2n) is 6.83. The highest BCUT2D eigenvalue weighted by Crippen LogP contribution is 2.22. The fourth-order valence-electron chi connectivity index (χ4n) is 3.07. The molecule has 1 fully saturated rings. The van der Waals surface area contributed by atoms with E-state index in [0.717, 1.165) is 35.7 Å². The average Bonchev–Trinajstić information content (AvgIpc) is 3.03. The number of likely N-dealkylation sites (tertiary alicyclic amines) is 1. The third-order valence-corrected chi connectivity index (χ3v) is 5.74. The van der Waals surface area contributed by atoms with Crippen LogP contribution in [0.5, 0.6) is 5.75 Å². The van der Waals surface area contributed by atoms with E-state index in [1.807, 2.05) is 29.6 Å². The van der Waals surface area contributed by atoms with Crippen LogP contribution >= 0.6 is 27.3 Å². The number of amides is 1. The molecule has 3 rings (SSSR count). The predicted molar refractivity (Wildman–Crippen MR) is 109 cm³/mol. The van der Waals surface area contributed by atoms with Gasteiger partial charge in [0.15, 0.2) is 11.2 Å². The molecule has 0 saturated carbocycles. The maximum absolute atomic E-state index is 12.3. The van der Waals surface area contributed by atoms with Crippen LogP contribution < -0.4 is 10.1 Å². The monoisotopic (exact) mass is 437 g/mol. The summed E-state index contributed by atoms with van der Waals surface area (Å²) in [5, 5.41) is 5.50. The van der Waals surface area contributed by atoms with Crippen molar-refractivity contribution in [2.24, 2.45) is 5.92 Å². The normalized spacial score (nSPS) is 19.1. The van der Waals surface area contributed by atoms with Gasteiger partial charge in [-0.3, -0.25) is 15.0 Å². The molecule has 26 heavy (non-hydrogen) atoms. The number of anilines is 1. The second-order valence-corrected chi connectivity index (χ2v) is 8.60. The average molecular weight is 438 g/mol. The molecule has 0 aliphatic carbocycles. The maximum Gasteiger partial charge on any atom is 0.266 e.